The number of rotatable bonds is 11. The van der Waals surface area contributed by atoms with Crippen LogP contribution in [0.1, 0.15) is 59.3 Å². The van der Waals surface area contributed by atoms with Gasteiger partial charge in [0.25, 0.3) is 0 Å². The van der Waals surface area contributed by atoms with Gasteiger partial charge in [-0.25, -0.2) is 0 Å². The Morgan fingerprint density at radius 1 is 1.00 bits per heavy atom. The molecule has 0 fully saturated rings. The van der Waals surface area contributed by atoms with Gasteiger partial charge in [0.05, 0.1) is 13.7 Å². The molecule has 5 nitrogen and oxygen atoms in total. The minimum Gasteiger partial charge on any atom is -0.493 e. The van der Waals surface area contributed by atoms with Crippen LogP contribution in [0.15, 0.2) is 22.7 Å². The summed E-state index contributed by atoms with van der Waals surface area (Å²) in [5.74, 6) is -0.425. The largest absolute Gasteiger partial charge is 0.493 e. The van der Waals surface area contributed by atoms with Crippen LogP contribution >= 0.6 is 15.9 Å². The molecule has 6 heteroatoms. The number of carbonyl (C=O) groups is 2. The quantitative estimate of drug-likeness (QED) is 0.207. The lowest BCUT2D eigenvalue weighted by Crippen LogP contribution is -2.42. The van der Waals surface area contributed by atoms with E-state index in [0.29, 0.717) is 25.2 Å². The lowest BCUT2D eigenvalue weighted by Gasteiger charge is -2.27. The van der Waals surface area contributed by atoms with Gasteiger partial charge in [-0.15, -0.1) is 0 Å². The monoisotopic (exact) mass is 428 g/mol. The van der Waals surface area contributed by atoms with E-state index in [4.69, 9.17) is 14.2 Å². The van der Waals surface area contributed by atoms with Crippen LogP contribution in [0.4, 0.5) is 0 Å². The summed E-state index contributed by atoms with van der Waals surface area (Å²) in [5, 5.41) is 0. The highest BCUT2D eigenvalue weighted by Crippen LogP contribution is 2.35. The van der Waals surface area contributed by atoms with Crippen molar-refractivity contribution in [1.29, 1.82) is 0 Å². The normalized spacial score (nSPS) is 11.1. The smallest absolute Gasteiger partial charge is 0.328 e. The van der Waals surface area contributed by atoms with Crippen molar-refractivity contribution in [3.05, 3.63) is 22.7 Å². The van der Waals surface area contributed by atoms with Crippen LogP contribution in [0.5, 0.6) is 11.5 Å². The number of esters is 2. The Morgan fingerprint density at radius 2 is 1.69 bits per heavy atom. The number of hydrogen-bond acceptors (Lipinski definition) is 5. The maximum atomic E-state index is 12.8. The van der Waals surface area contributed by atoms with Crippen molar-refractivity contribution >= 4 is 27.9 Å². The van der Waals surface area contributed by atoms with E-state index >= 15 is 0 Å². The molecule has 0 aliphatic heterocycles. The van der Waals surface area contributed by atoms with E-state index in [1.54, 1.807) is 32.0 Å². The van der Waals surface area contributed by atoms with E-state index in [9.17, 15) is 9.59 Å². The predicted molar refractivity (Wildman–Crippen MR) is 104 cm³/mol. The van der Waals surface area contributed by atoms with Crippen molar-refractivity contribution in [3.8, 4) is 11.5 Å². The second kappa shape index (κ2) is 11.2. The van der Waals surface area contributed by atoms with Gasteiger partial charge in [-0.2, -0.15) is 0 Å². The van der Waals surface area contributed by atoms with Gasteiger partial charge in [0.15, 0.2) is 16.9 Å². The molecule has 0 unspecified atom stereocenters. The van der Waals surface area contributed by atoms with Crippen LogP contribution in [-0.2, 0) is 14.3 Å². The highest BCUT2D eigenvalue weighted by Gasteiger charge is 2.46. The van der Waals surface area contributed by atoms with Crippen LogP contribution in [0.2, 0.25) is 0 Å². The molecular weight excluding hydrogens is 400 g/mol. The van der Waals surface area contributed by atoms with Gasteiger partial charge in [-0.3, -0.25) is 9.59 Å². The van der Waals surface area contributed by atoms with Gasteiger partial charge in [0, 0.05) is 4.47 Å². The molecule has 0 aliphatic carbocycles. The second-order valence-corrected chi connectivity index (χ2v) is 7.09. The van der Waals surface area contributed by atoms with Crippen LogP contribution in [0.3, 0.4) is 0 Å². The summed E-state index contributed by atoms with van der Waals surface area (Å²) >= 11 is 3.35. The van der Waals surface area contributed by atoms with Gasteiger partial charge < -0.3 is 14.2 Å². The van der Waals surface area contributed by atoms with Crippen LogP contribution in [0, 0.1) is 5.41 Å². The maximum absolute atomic E-state index is 12.8. The highest BCUT2D eigenvalue weighted by molar-refractivity contribution is 9.10. The molecule has 26 heavy (non-hydrogen) atoms. The molecule has 0 aliphatic rings. The second-order valence-electron chi connectivity index (χ2n) is 6.17. The lowest BCUT2D eigenvalue weighted by atomic mass is 9.82. The molecule has 1 aromatic rings. The molecule has 1 aromatic carbocycles. The highest BCUT2D eigenvalue weighted by atomic mass is 79.9. The third-order valence-electron chi connectivity index (χ3n) is 4.55. The average molecular weight is 429 g/mol. The number of ether oxygens (including phenoxy) is 3. The SMILES string of the molecule is CCCCCCOC(=O)C(CC)(CC)C(=O)Oc1ccc(Br)cc1OC. The van der Waals surface area contributed by atoms with E-state index in [2.05, 4.69) is 22.9 Å². The van der Waals surface area contributed by atoms with Crippen LogP contribution in [-0.4, -0.2) is 25.7 Å². The molecule has 0 spiro atoms. The molecule has 0 aromatic heterocycles. The molecule has 0 heterocycles. The van der Waals surface area contributed by atoms with Gasteiger partial charge in [0.2, 0.25) is 0 Å². The average Bonchev–Trinajstić information content (AvgIpc) is 2.64. The third-order valence-corrected chi connectivity index (χ3v) is 5.04. The lowest BCUT2D eigenvalue weighted by molar-refractivity contribution is -0.168. The van der Waals surface area contributed by atoms with Crippen molar-refractivity contribution in [1.82, 2.24) is 0 Å². The van der Waals surface area contributed by atoms with Gasteiger partial charge in [0.1, 0.15) is 0 Å². The van der Waals surface area contributed by atoms with Crippen molar-refractivity contribution in [3.63, 3.8) is 0 Å². The number of carbonyl (C=O) groups excluding carboxylic acids is 2. The zero-order chi connectivity index (χ0) is 19.6. The summed E-state index contributed by atoms with van der Waals surface area (Å²) in [4.78, 5) is 25.5. The van der Waals surface area contributed by atoms with Crippen LogP contribution < -0.4 is 9.47 Å². The van der Waals surface area contributed by atoms with Crippen molar-refractivity contribution < 1.29 is 23.8 Å². The van der Waals surface area contributed by atoms with Crippen molar-refractivity contribution in [2.45, 2.75) is 59.3 Å². The Labute approximate surface area is 164 Å². The minimum atomic E-state index is -1.30. The van der Waals surface area contributed by atoms with Crippen LogP contribution in [0.25, 0.3) is 0 Å². The van der Waals surface area contributed by atoms with E-state index < -0.39 is 17.4 Å². The Morgan fingerprint density at radius 3 is 2.27 bits per heavy atom. The summed E-state index contributed by atoms with van der Waals surface area (Å²) < 4.78 is 17.0. The van der Waals surface area contributed by atoms with E-state index in [-0.39, 0.29) is 5.75 Å². The zero-order valence-electron chi connectivity index (χ0n) is 16.1. The Bertz CT molecular complexity index is 596. The minimum absolute atomic E-state index is 0.280. The molecule has 1 rings (SSSR count). The fraction of sp³-hybridized carbons (Fsp3) is 0.600. The molecule has 0 radical (unpaired) electrons. The Hall–Kier alpha value is -1.56. The van der Waals surface area contributed by atoms with E-state index in [1.807, 2.05) is 0 Å². The standard InChI is InChI=1S/C20H29BrO5/c1-5-8-9-10-13-25-18(22)20(6-2,7-3)19(23)26-16-12-11-15(21)14-17(16)24-4/h11-12,14H,5-10,13H2,1-4H3. The topological polar surface area (TPSA) is 61.8 Å². The predicted octanol–water partition coefficient (Wildman–Crippen LogP) is 5.29. The molecule has 0 amide bonds. The molecule has 0 atom stereocenters. The summed E-state index contributed by atoms with van der Waals surface area (Å²) in [7, 11) is 1.50. The molecule has 0 bridgehead atoms. The number of unbranched alkanes of at least 4 members (excludes halogenated alkanes) is 3. The van der Waals surface area contributed by atoms with Crippen molar-refractivity contribution in [2.24, 2.45) is 5.41 Å². The molecule has 0 saturated heterocycles. The first-order valence-corrected chi connectivity index (χ1v) is 9.97. The van der Waals surface area contributed by atoms with Gasteiger partial charge >= 0.3 is 11.9 Å². The maximum Gasteiger partial charge on any atom is 0.328 e. The first-order chi connectivity index (χ1) is 12.4. The molecule has 146 valence electrons. The fourth-order valence-electron chi connectivity index (χ4n) is 2.67. The number of halogens is 1. The van der Waals surface area contributed by atoms with Gasteiger partial charge in [-0.1, -0.05) is 56.0 Å². The molecule has 0 saturated carbocycles. The summed E-state index contributed by atoms with van der Waals surface area (Å²) in [6, 6.07) is 5.08. The summed E-state index contributed by atoms with van der Waals surface area (Å²) in [5.41, 5.74) is -1.30. The van der Waals surface area contributed by atoms with E-state index in [1.165, 1.54) is 7.11 Å². The molecular formula is C20H29BrO5. The number of benzene rings is 1. The Kier molecular flexibility index (Phi) is 9.70. The first-order valence-electron chi connectivity index (χ1n) is 9.18. The third kappa shape index (κ3) is 5.73. The number of methoxy groups -OCH3 is 1. The summed E-state index contributed by atoms with van der Waals surface area (Å²) in [6.45, 7) is 6.04. The van der Waals surface area contributed by atoms with Gasteiger partial charge in [-0.05, 0) is 37.5 Å². The number of hydrogen-bond donors (Lipinski definition) is 0. The Balaban J connectivity index is 2.86. The zero-order valence-corrected chi connectivity index (χ0v) is 17.7. The fourth-order valence-corrected chi connectivity index (χ4v) is 3.01. The molecule has 0 N–H and O–H groups in total. The first kappa shape index (κ1) is 22.5. The summed E-state index contributed by atoms with van der Waals surface area (Å²) in [6.07, 6.45) is 4.66. The van der Waals surface area contributed by atoms with Crippen molar-refractivity contribution in [2.75, 3.05) is 13.7 Å². The van der Waals surface area contributed by atoms with E-state index in [0.717, 1.165) is 30.2 Å².